The van der Waals surface area contributed by atoms with Gasteiger partial charge in [0.2, 0.25) is 10.0 Å². The van der Waals surface area contributed by atoms with Gasteiger partial charge in [-0.2, -0.15) is 0 Å². The molecular formula is C11H9F3N2O3S. The molecule has 1 aromatic heterocycles. The molecule has 1 aromatic carbocycles. The number of halogens is 3. The predicted molar refractivity (Wildman–Crippen MR) is 64.3 cm³/mol. The maximum Gasteiger partial charge on any atom is 0.573 e. The Labute approximate surface area is 112 Å². The molecule has 0 unspecified atom stereocenters. The normalized spacial score (nSPS) is 12.4. The minimum Gasteiger partial charge on any atom is -0.406 e. The summed E-state index contributed by atoms with van der Waals surface area (Å²) in [5.74, 6) is -0.527. The molecule has 0 radical (unpaired) electrons. The first-order valence-corrected chi connectivity index (χ1v) is 6.77. The van der Waals surface area contributed by atoms with E-state index in [0.29, 0.717) is 5.56 Å². The van der Waals surface area contributed by atoms with Crippen LogP contribution in [0.25, 0.3) is 11.1 Å². The molecule has 9 heteroatoms. The van der Waals surface area contributed by atoms with Crippen LogP contribution in [0.3, 0.4) is 0 Å². The van der Waals surface area contributed by atoms with Gasteiger partial charge in [-0.15, -0.1) is 13.2 Å². The fourth-order valence-electron chi connectivity index (χ4n) is 1.67. The van der Waals surface area contributed by atoms with Crippen molar-refractivity contribution in [1.82, 2.24) is 4.98 Å². The number of nitrogens with two attached hydrogens (primary N) is 1. The topological polar surface area (TPSA) is 85.2 Å². The molecule has 0 amide bonds. The van der Waals surface area contributed by atoms with Crippen molar-refractivity contribution in [1.29, 1.82) is 0 Å². The van der Waals surface area contributed by atoms with Crippen LogP contribution in [-0.4, -0.2) is 19.8 Å². The molecule has 108 valence electrons. The smallest absolute Gasteiger partial charge is 0.406 e. The molecule has 0 fully saturated rings. The molecule has 2 rings (SSSR count). The molecule has 0 aliphatic carbocycles. The van der Waals surface area contributed by atoms with Gasteiger partial charge in [0.15, 0.2) is 0 Å². The van der Waals surface area contributed by atoms with E-state index in [2.05, 4.69) is 9.72 Å². The number of nitrogens with one attached hydrogen (secondary N) is 1. The van der Waals surface area contributed by atoms with Crippen LogP contribution in [0.5, 0.6) is 5.75 Å². The minimum atomic E-state index is -4.86. The second-order valence-electron chi connectivity index (χ2n) is 3.85. The summed E-state index contributed by atoms with van der Waals surface area (Å²) in [6.07, 6.45) is -1.93. The number of benzene rings is 1. The van der Waals surface area contributed by atoms with Crippen molar-refractivity contribution in [3.05, 3.63) is 36.7 Å². The average molecular weight is 306 g/mol. The summed E-state index contributed by atoms with van der Waals surface area (Å²) in [6.45, 7) is 0. The van der Waals surface area contributed by atoms with Gasteiger partial charge >= 0.3 is 6.36 Å². The maximum absolute atomic E-state index is 12.2. The van der Waals surface area contributed by atoms with Crippen molar-refractivity contribution in [2.45, 2.75) is 11.3 Å². The largest absolute Gasteiger partial charge is 0.573 e. The van der Waals surface area contributed by atoms with E-state index in [1.54, 1.807) is 0 Å². The summed E-state index contributed by atoms with van der Waals surface area (Å²) in [5.41, 5.74) is 0.400. The summed E-state index contributed by atoms with van der Waals surface area (Å²) >= 11 is 0. The van der Waals surface area contributed by atoms with Gasteiger partial charge in [-0.3, -0.25) is 0 Å². The molecule has 0 aliphatic rings. The first-order valence-electron chi connectivity index (χ1n) is 5.22. The molecule has 0 spiro atoms. The Kier molecular flexibility index (Phi) is 3.48. The SMILES string of the molecule is NS(=O)(=O)c1ccc(OC(F)(F)F)cc1-c1cc[nH]c1. The number of aromatic nitrogens is 1. The Balaban J connectivity index is 2.57. The Hall–Kier alpha value is -2.00. The van der Waals surface area contributed by atoms with E-state index >= 15 is 0 Å². The van der Waals surface area contributed by atoms with Crippen LogP contribution in [0.1, 0.15) is 0 Å². The van der Waals surface area contributed by atoms with E-state index in [1.807, 2.05) is 0 Å². The van der Waals surface area contributed by atoms with Gasteiger partial charge in [0.1, 0.15) is 5.75 Å². The predicted octanol–water partition coefficient (Wildman–Crippen LogP) is 2.23. The summed E-state index contributed by atoms with van der Waals surface area (Å²) in [7, 11) is -4.07. The molecule has 3 N–H and O–H groups in total. The zero-order valence-corrected chi connectivity index (χ0v) is 10.6. The number of hydrogen-bond donors (Lipinski definition) is 2. The van der Waals surface area contributed by atoms with Crippen molar-refractivity contribution in [2.24, 2.45) is 5.14 Å². The molecular weight excluding hydrogens is 297 g/mol. The van der Waals surface area contributed by atoms with E-state index in [9.17, 15) is 21.6 Å². The van der Waals surface area contributed by atoms with Crippen LogP contribution in [0.15, 0.2) is 41.6 Å². The molecule has 0 aliphatic heterocycles. The van der Waals surface area contributed by atoms with Crippen LogP contribution in [-0.2, 0) is 10.0 Å². The van der Waals surface area contributed by atoms with E-state index < -0.39 is 22.1 Å². The van der Waals surface area contributed by atoms with Gasteiger partial charge in [0.25, 0.3) is 0 Å². The number of rotatable bonds is 3. The van der Waals surface area contributed by atoms with Gasteiger partial charge < -0.3 is 9.72 Å². The molecule has 2 aromatic rings. The lowest BCUT2D eigenvalue weighted by atomic mass is 10.1. The quantitative estimate of drug-likeness (QED) is 0.912. The van der Waals surface area contributed by atoms with Crippen LogP contribution in [0.4, 0.5) is 13.2 Å². The van der Waals surface area contributed by atoms with Crippen LogP contribution < -0.4 is 9.88 Å². The Bertz CT molecular complexity index is 709. The number of hydrogen-bond acceptors (Lipinski definition) is 3. The molecule has 0 saturated carbocycles. The number of alkyl halides is 3. The fourth-order valence-corrected chi connectivity index (χ4v) is 2.41. The lowest BCUT2D eigenvalue weighted by Crippen LogP contribution is -2.18. The summed E-state index contributed by atoms with van der Waals surface area (Å²) in [5, 5.41) is 5.04. The van der Waals surface area contributed by atoms with Crippen molar-refractivity contribution < 1.29 is 26.3 Å². The van der Waals surface area contributed by atoms with E-state index in [4.69, 9.17) is 5.14 Å². The summed E-state index contributed by atoms with van der Waals surface area (Å²) in [4.78, 5) is 2.39. The molecule has 5 nitrogen and oxygen atoms in total. The Morgan fingerprint density at radius 3 is 2.40 bits per heavy atom. The molecule has 1 heterocycles. The highest BCUT2D eigenvalue weighted by atomic mass is 32.2. The van der Waals surface area contributed by atoms with Gasteiger partial charge in [0.05, 0.1) is 4.90 Å². The van der Waals surface area contributed by atoms with Gasteiger partial charge in [-0.05, 0) is 24.3 Å². The summed E-state index contributed by atoms with van der Waals surface area (Å²) < 4.78 is 63.2. The van der Waals surface area contributed by atoms with Crippen molar-refractivity contribution >= 4 is 10.0 Å². The average Bonchev–Trinajstić information content (AvgIpc) is 2.78. The first-order chi connectivity index (χ1) is 9.17. The van der Waals surface area contributed by atoms with Crippen molar-refractivity contribution in [3.8, 4) is 16.9 Å². The summed E-state index contributed by atoms with van der Waals surface area (Å²) in [6, 6.07) is 4.33. The molecule has 20 heavy (non-hydrogen) atoms. The number of ether oxygens (including phenoxy) is 1. The third kappa shape index (κ3) is 3.31. The Morgan fingerprint density at radius 1 is 1.20 bits per heavy atom. The standard InChI is InChI=1S/C11H9F3N2O3S/c12-11(13,14)19-8-1-2-10(20(15,17)18)9(5-8)7-3-4-16-6-7/h1-6,16H,(H2,15,17,18). The Morgan fingerprint density at radius 2 is 1.90 bits per heavy atom. The third-order valence-electron chi connectivity index (χ3n) is 2.40. The second kappa shape index (κ2) is 4.84. The van der Waals surface area contributed by atoms with Crippen molar-refractivity contribution in [2.75, 3.05) is 0 Å². The van der Waals surface area contributed by atoms with E-state index in [-0.39, 0.29) is 10.5 Å². The molecule has 0 atom stereocenters. The van der Waals surface area contributed by atoms with Gasteiger partial charge in [-0.1, -0.05) is 0 Å². The lowest BCUT2D eigenvalue weighted by Gasteiger charge is -2.12. The fraction of sp³-hybridized carbons (Fsp3) is 0.0909. The number of H-pyrrole nitrogens is 1. The number of aromatic amines is 1. The first kappa shape index (κ1) is 14.4. The van der Waals surface area contributed by atoms with Crippen LogP contribution in [0, 0.1) is 0 Å². The zero-order valence-electron chi connectivity index (χ0n) is 9.81. The highest BCUT2D eigenvalue weighted by molar-refractivity contribution is 7.89. The lowest BCUT2D eigenvalue weighted by molar-refractivity contribution is -0.274. The molecule has 0 saturated heterocycles. The van der Waals surface area contributed by atoms with Crippen molar-refractivity contribution in [3.63, 3.8) is 0 Å². The number of sulfonamides is 1. The molecule has 0 bridgehead atoms. The monoisotopic (exact) mass is 306 g/mol. The minimum absolute atomic E-state index is 0.0236. The second-order valence-corrected chi connectivity index (χ2v) is 5.38. The van der Waals surface area contributed by atoms with E-state index in [0.717, 1.165) is 18.2 Å². The third-order valence-corrected chi connectivity index (χ3v) is 3.37. The van der Waals surface area contributed by atoms with Crippen LogP contribution >= 0.6 is 0 Å². The highest BCUT2D eigenvalue weighted by Gasteiger charge is 2.31. The zero-order chi connectivity index (χ0) is 15.0. The van der Waals surface area contributed by atoms with E-state index in [1.165, 1.54) is 18.5 Å². The van der Waals surface area contributed by atoms with Gasteiger partial charge in [0, 0.05) is 23.5 Å². The maximum atomic E-state index is 12.2. The van der Waals surface area contributed by atoms with Crippen LogP contribution in [0.2, 0.25) is 0 Å². The number of primary sulfonamides is 1. The highest BCUT2D eigenvalue weighted by Crippen LogP contribution is 2.32. The van der Waals surface area contributed by atoms with Gasteiger partial charge in [-0.25, -0.2) is 13.6 Å².